The number of ether oxygens (including phenoxy) is 1. The molecule has 2 N–H and O–H groups in total. The Labute approximate surface area is 177 Å². The van der Waals surface area contributed by atoms with Gasteiger partial charge in [-0.05, 0) is 61.0 Å². The molecule has 0 fully saturated rings. The lowest BCUT2D eigenvalue weighted by molar-refractivity contribution is 0.0938. The molecule has 30 heavy (non-hydrogen) atoms. The lowest BCUT2D eigenvalue weighted by Crippen LogP contribution is -2.26. The minimum atomic E-state index is -0.118. The first-order valence-electron chi connectivity index (χ1n) is 9.94. The highest BCUT2D eigenvalue weighted by molar-refractivity contribution is 5.96. The van der Waals surface area contributed by atoms with Gasteiger partial charge in [-0.3, -0.25) is 9.59 Å². The van der Waals surface area contributed by atoms with Crippen molar-refractivity contribution in [1.82, 2.24) is 5.32 Å². The van der Waals surface area contributed by atoms with E-state index in [0.29, 0.717) is 24.1 Å². The quantitative estimate of drug-likeness (QED) is 0.501. The van der Waals surface area contributed by atoms with E-state index in [-0.39, 0.29) is 17.7 Å². The first-order valence-corrected chi connectivity index (χ1v) is 9.94. The number of hydrogen-bond donors (Lipinski definition) is 2. The minimum absolute atomic E-state index is 0.0658. The second-order valence-electron chi connectivity index (χ2n) is 7.01. The van der Waals surface area contributed by atoms with E-state index in [1.54, 1.807) is 43.5 Å². The summed E-state index contributed by atoms with van der Waals surface area (Å²) in [5.41, 5.74) is 3.19. The standard InChI is InChI=1S/C25H26N2O3/c1-18(19-6-4-3-5-7-19)27-25(29)21-8-12-22(13-9-21)26-17-16-24(28)20-10-14-23(30-2)15-11-20/h3-15,18,26H,16-17H2,1-2H3,(H,27,29)/t18-/m1/s1. The maximum Gasteiger partial charge on any atom is 0.251 e. The third-order valence-corrected chi connectivity index (χ3v) is 4.89. The summed E-state index contributed by atoms with van der Waals surface area (Å²) >= 11 is 0. The molecule has 0 saturated heterocycles. The van der Waals surface area contributed by atoms with Crippen LogP contribution in [0.1, 0.15) is 45.7 Å². The van der Waals surface area contributed by atoms with Crippen LogP contribution in [0.4, 0.5) is 5.69 Å². The predicted octanol–water partition coefficient (Wildman–Crippen LogP) is 4.87. The van der Waals surface area contributed by atoms with Gasteiger partial charge in [0.25, 0.3) is 5.91 Å². The number of carbonyl (C=O) groups is 2. The Morgan fingerprint density at radius 1 is 0.867 bits per heavy atom. The average molecular weight is 402 g/mol. The average Bonchev–Trinajstić information content (AvgIpc) is 2.80. The second kappa shape index (κ2) is 10.3. The van der Waals surface area contributed by atoms with Crippen LogP contribution >= 0.6 is 0 Å². The molecule has 154 valence electrons. The van der Waals surface area contributed by atoms with Gasteiger partial charge in [0.1, 0.15) is 5.75 Å². The largest absolute Gasteiger partial charge is 0.497 e. The first kappa shape index (κ1) is 21.1. The maximum absolute atomic E-state index is 12.5. The van der Waals surface area contributed by atoms with E-state index < -0.39 is 0 Å². The number of ketones is 1. The highest BCUT2D eigenvalue weighted by Gasteiger charge is 2.11. The Hall–Kier alpha value is -3.60. The van der Waals surface area contributed by atoms with Gasteiger partial charge < -0.3 is 15.4 Å². The summed E-state index contributed by atoms with van der Waals surface area (Å²) < 4.78 is 5.11. The van der Waals surface area contributed by atoms with Gasteiger partial charge in [-0.25, -0.2) is 0 Å². The Balaban J connectivity index is 1.48. The van der Waals surface area contributed by atoms with Crippen molar-refractivity contribution in [3.63, 3.8) is 0 Å². The fourth-order valence-corrected chi connectivity index (χ4v) is 3.09. The summed E-state index contributed by atoms with van der Waals surface area (Å²) in [4.78, 5) is 24.7. The van der Waals surface area contributed by atoms with E-state index in [9.17, 15) is 9.59 Å². The molecule has 3 rings (SSSR count). The zero-order valence-corrected chi connectivity index (χ0v) is 17.2. The molecule has 0 radical (unpaired) electrons. The van der Waals surface area contributed by atoms with Crippen molar-refractivity contribution in [2.24, 2.45) is 0 Å². The van der Waals surface area contributed by atoms with Crippen molar-refractivity contribution in [2.45, 2.75) is 19.4 Å². The van der Waals surface area contributed by atoms with Crippen LogP contribution in [0.3, 0.4) is 0 Å². The predicted molar refractivity (Wildman–Crippen MR) is 119 cm³/mol. The van der Waals surface area contributed by atoms with Crippen molar-refractivity contribution >= 4 is 17.4 Å². The molecule has 0 aliphatic carbocycles. The molecule has 5 heteroatoms. The summed E-state index contributed by atoms with van der Waals surface area (Å²) in [5.74, 6) is 0.676. The molecule has 0 spiro atoms. The van der Waals surface area contributed by atoms with Gasteiger partial charge in [0.15, 0.2) is 5.78 Å². The van der Waals surface area contributed by atoms with Gasteiger partial charge in [0.05, 0.1) is 13.2 Å². The number of benzene rings is 3. The van der Waals surface area contributed by atoms with Crippen LogP contribution in [-0.4, -0.2) is 25.3 Å². The van der Waals surface area contributed by atoms with Crippen LogP contribution in [0.25, 0.3) is 0 Å². The molecule has 0 unspecified atom stereocenters. The first-order chi connectivity index (χ1) is 14.6. The Kier molecular flexibility index (Phi) is 7.22. The summed E-state index contributed by atoms with van der Waals surface area (Å²) in [6.45, 7) is 2.48. The molecular formula is C25H26N2O3. The fraction of sp³-hybridized carbons (Fsp3) is 0.200. The number of hydrogen-bond acceptors (Lipinski definition) is 4. The van der Waals surface area contributed by atoms with E-state index in [2.05, 4.69) is 10.6 Å². The van der Waals surface area contributed by atoms with E-state index >= 15 is 0 Å². The molecule has 1 atom stereocenters. The fourth-order valence-electron chi connectivity index (χ4n) is 3.09. The minimum Gasteiger partial charge on any atom is -0.497 e. The zero-order valence-electron chi connectivity index (χ0n) is 17.2. The van der Waals surface area contributed by atoms with E-state index in [1.165, 1.54) is 0 Å². The van der Waals surface area contributed by atoms with Gasteiger partial charge in [-0.1, -0.05) is 30.3 Å². The lowest BCUT2D eigenvalue weighted by atomic mass is 10.1. The van der Waals surface area contributed by atoms with Crippen LogP contribution < -0.4 is 15.4 Å². The molecule has 5 nitrogen and oxygen atoms in total. The Morgan fingerprint density at radius 2 is 1.50 bits per heavy atom. The van der Waals surface area contributed by atoms with Crippen molar-refractivity contribution in [1.29, 1.82) is 0 Å². The molecule has 0 aliphatic rings. The number of nitrogens with one attached hydrogen (secondary N) is 2. The van der Waals surface area contributed by atoms with Crippen LogP contribution in [0.15, 0.2) is 78.9 Å². The summed E-state index contributed by atoms with van der Waals surface area (Å²) in [5, 5.41) is 6.23. The normalized spacial score (nSPS) is 11.4. The van der Waals surface area contributed by atoms with Gasteiger partial charge in [-0.15, -0.1) is 0 Å². The third-order valence-electron chi connectivity index (χ3n) is 4.89. The highest BCUT2D eigenvalue weighted by Crippen LogP contribution is 2.15. The van der Waals surface area contributed by atoms with Crippen LogP contribution in [0.2, 0.25) is 0 Å². The molecule has 3 aromatic carbocycles. The lowest BCUT2D eigenvalue weighted by Gasteiger charge is -2.14. The zero-order chi connectivity index (χ0) is 21.3. The van der Waals surface area contributed by atoms with Gasteiger partial charge in [-0.2, -0.15) is 0 Å². The molecule has 0 bridgehead atoms. The van der Waals surface area contributed by atoms with E-state index in [1.807, 2.05) is 49.4 Å². The summed E-state index contributed by atoms with van der Waals surface area (Å²) in [7, 11) is 1.60. The van der Waals surface area contributed by atoms with Gasteiger partial charge in [0, 0.05) is 29.8 Å². The number of amides is 1. The van der Waals surface area contributed by atoms with Crippen LogP contribution in [0.5, 0.6) is 5.75 Å². The van der Waals surface area contributed by atoms with E-state index in [4.69, 9.17) is 4.74 Å². The highest BCUT2D eigenvalue weighted by atomic mass is 16.5. The molecule has 0 heterocycles. The Morgan fingerprint density at radius 3 is 2.13 bits per heavy atom. The van der Waals surface area contributed by atoms with Crippen molar-refractivity contribution in [3.8, 4) is 5.75 Å². The smallest absolute Gasteiger partial charge is 0.251 e. The third kappa shape index (κ3) is 5.70. The number of rotatable bonds is 9. The van der Waals surface area contributed by atoms with Crippen LogP contribution in [0, 0.1) is 0 Å². The Bertz CT molecular complexity index is 968. The topological polar surface area (TPSA) is 67.4 Å². The molecular weight excluding hydrogens is 376 g/mol. The molecule has 0 aromatic heterocycles. The molecule has 0 aliphatic heterocycles. The molecule has 1 amide bonds. The molecule has 0 saturated carbocycles. The summed E-state index contributed by atoms with van der Waals surface area (Å²) in [6, 6.07) is 24.1. The number of Topliss-reactive ketones (excluding diaryl/α,β-unsaturated/α-hetero) is 1. The number of methoxy groups -OCH3 is 1. The van der Waals surface area contributed by atoms with Crippen molar-refractivity contribution in [3.05, 3.63) is 95.6 Å². The number of anilines is 1. The SMILES string of the molecule is COc1ccc(C(=O)CCNc2ccc(C(=O)N[C@H](C)c3ccccc3)cc2)cc1. The summed E-state index contributed by atoms with van der Waals surface area (Å²) in [6.07, 6.45) is 0.378. The van der Waals surface area contributed by atoms with Crippen molar-refractivity contribution < 1.29 is 14.3 Å². The maximum atomic E-state index is 12.5. The second-order valence-corrected chi connectivity index (χ2v) is 7.01. The number of carbonyl (C=O) groups excluding carboxylic acids is 2. The van der Waals surface area contributed by atoms with Gasteiger partial charge in [0.2, 0.25) is 0 Å². The van der Waals surface area contributed by atoms with Gasteiger partial charge >= 0.3 is 0 Å². The monoisotopic (exact) mass is 402 g/mol. The van der Waals surface area contributed by atoms with Crippen molar-refractivity contribution in [2.75, 3.05) is 19.0 Å². The van der Waals surface area contributed by atoms with Crippen LogP contribution in [-0.2, 0) is 0 Å². The molecule has 3 aromatic rings. The van der Waals surface area contributed by atoms with E-state index in [0.717, 1.165) is 17.0 Å².